The number of aryl methyl sites for hydroxylation is 1. The molecule has 6 heteroatoms. The number of hydrogen-bond donors (Lipinski definition) is 2. The third-order valence-electron chi connectivity index (χ3n) is 4.18. The summed E-state index contributed by atoms with van der Waals surface area (Å²) in [6, 6.07) is 5.27. The highest BCUT2D eigenvalue weighted by Crippen LogP contribution is 2.22. The van der Waals surface area contributed by atoms with Crippen molar-refractivity contribution in [1.29, 1.82) is 0 Å². The molecule has 0 bridgehead atoms. The molecule has 0 aromatic heterocycles. The number of ether oxygens (including phenoxy) is 2. The van der Waals surface area contributed by atoms with Gasteiger partial charge in [-0.25, -0.2) is 4.79 Å². The lowest BCUT2D eigenvalue weighted by molar-refractivity contribution is 0.0322. The van der Waals surface area contributed by atoms with Gasteiger partial charge in [-0.15, -0.1) is 0 Å². The molecule has 1 aliphatic heterocycles. The maximum atomic E-state index is 12.3. The number of nitrogens with zero attached hydrogens (tertiary/aromatic N) is 1. The normalized spacial score (nSPS) is 15.2. The Morgan fingerprint density at radius 3 is 2.79 bits per heavy atom. The lowest BCUT2D eigenvalue weighted by Crippen LogP contribution is -2.38. The van der Waals surface area contributed by atoms with E-state index in [1.807, 2.05) is 25.1 Å². The van der Waals surface area contributed by atoms with Gasteiger partial charge in [0.15, 0.2) is 0 Å². The quantitative estimate of drug-likeness (QED) is 0.639. The summed E-state index contributed by atoms with van der Waals surface area (Å²) in [6.45, 7) is 14.1. The van der Waals surface area contributed by atoms with Crippen LogP contribution < -0.4 is 15.4 Å². The lowest BCUT2D eigenvalue weighted by atomic mass is 10.2. The van der Waals surface area contributed by atoms with Gasteiger partial charge in [0.2, 0.25) is 0 Å². The molecule has 2 rings (SSSR count). The first-order valence-corrected chi connectivity index (χ1v) is 9.35. The Morgan fingerprint density at radius 2 is 2.07 bits per heavy atom. The van der Waals surface area contributed by atoms with Gasteiger partial charge in [0, 0.05) is 37.1 Å². The van der Waals surface area contributed by atoms with E-state index in [0.29, 0.717) is 18.0 Å². The van der Waals surface area contributed by atoms with E-state index in [1.165, 1.54) is 0 Å². The molecular formula is C22H29N3O3. The van der Waals surface area contributed by atoms with Crippen molar-refractivity contribution >= 4 is 11.7 Å². The van der Waals surface area contributed by atoms with E-state index in [9.17, 15) is 4.79 Å². The van der Waals surface area contributed by atoms with Gasteiger partial charge < -0.3 is 20.1 Å². The Bertz CT molecular complexity index is 735. The maximum Gasteiger partial charge on any atom is 0.323 e. The summed E-state index contributed by atoms with van der Waals surface area (Å²) in [5, 5.41) is 5.59. The van der Waals surface area contributed by atoms with Crippen LogP contribution in [-0.4, -0.2) is 50.4 Å². The fraction of sp³-hybridized carbons (Fsp3) is 0.318. The molecule has 0 unspecified atom stereocenters. The van der Waals surface area contributed by atoms with Crippen LogP contribution in [0.4, 0.5) is 10.5 Å². The Hall–Kier alpha value is -2.83. The van der Waals surface area contributed by atoms with Gasteiger partial charge in [-0.05, 0) is 30.7 Å². The largest absolute Gasteiger partial charge is 0.492 e. The zero-order chi connectivity index (χ0) is 20.2. The minimum absolute atomic E-state index is 0.343. The fourth-order valence-electron chi connectivity index (χ4n) is 2.67. The molecule has 1 aliphatic rings. The number of urea groups is 1. The molecule has 1 aromatic carbocycles. The molecule has 0 atom stereocenters. The summed E-state index contributed by atoms with van der Waals surface area (Å²) in [5.41, 5.74) is 2.30. The van der Waals surface area contributed by atoms with Crippen LogP contribution in [0.15, 0.2) is 67.4 Å². The first-order valence-electron chi connectivity index (χ1n) is 9.35. The highest BCUT2D eigenvalue weighted by molar-refractivity contribution is 5.91. The molecule has 1 heterocycles. The molecule has 28 heavy (non-hydrogen) atoms. The number of nitrogens with one attached hydrogen (secondary N) is 2. The van der Waals surface area contributed by atoms with E-state index in [2.05, 4.69) is 28.7 Å². The average molecular weight is 383 g/mol. The van der Waals surface area contributed by atoms with Crippen LogP contribution in [-0.2, 0) is 4.74 Å². The zero-order valence-corrected chi connectivity index (χ0v) is 16.4. The van der Waals surface area contributed by atoms with Crippen LogP contribution in [0.25, 0.3) is 0 Å². The topological polar surface area (TPSA) is 62.8 Å². The highest BCUT2D eigenvalue weighted by atomic mass is 16.5. The van der Waals surface area contributed by atoms with E-state index in [4.69, 9.17) is 9.47 Å². The van der Waals surface area contributed by atoms with E-state index in [1.54, 1.807) is 30.4 Å². The first kappa shape index (κ1) is 21.5. The van der Waals surface area contributed by atoms with E-state index in [0.717, 1.165) is 44.2 Å². The van der Waals surface area contributed by atoms with Crippen LogP contribution in [0, 0.1) is 6.92 Å². The Kier molecular flexibility index (Phi) is 9.04. The molecule has 6 nitrogen and oxygen atoms in total. The van der Waals surface area contributed by atoms with Gasteiger partial charge >= 0.3 is 6.03 Å². The van der Waals surface area contributed by atoms with Gasteiger partial charge in [-0.2, -0.15) is 0 Å². The molecule has 150 valence electrons. The van der Waals surface area contributed by atoms with Gasteiger partial charge in [-0.1, -0.05) is 37.5 Å². The second kappa shape index (κ2) is 11.8. The Balaban J connectivity index is 1.90. The first-order chi connectivity index (χ1) is 13.6. The molecule has 2 amide bonds. The lowest BCUT2D eigenvalue weighted by Gasteiger charge is -2.26. The molecule has 2 N–H and O–H groups in total. The zero-order valence-electron chi connectivity index (χ0n) is 16.4. The smallest absolute Gasteiger partial charge is 0.323 e. The molecular weight excluding hydrogens is 354 g/mol. The molecule has 1 saturated heterocycles. The summed E-state index contributed by atoms with van der Waals surface area (Å²) in [5.74, 6) is 0.763. The maximum absolute atomic E-state index is 12.3. The molecule has 0 aliphatic carbocycles. The fourth-order valence-corrected chi connectivity index (χ4v) is 2.67. The predicted molar refractivity (Wildman–Crippen MR) is 114 cm³/mol. The van der Waals surface area contributed by atoms with Crippen LogP contribution in [0.3, 0.4) is 0 Å². The summed E-state index contributed by atoms with van der Waals surface area (Å²) < 4.78 is 11.3. The van der Waals surface area contributed by atoms with Crippen molar-refractivity contribution in [3.05, 3.63) is 73.0 Å². The van der Waals surface area contributed by atoms with Gasteiger partial charge in [-0.3, -0.25) is 4.90 Å². The van der Waals surface area contributed by atoms with Gasteiger partial charge in [0.05, 0.1) is 13.2 Å². The number of benzene rings is 1. The van der Waals surface area contributed by atoms with Crippen molar-refractivity contribution in [2.45, 2.75) is 6.92 Å². The number of hydrogen-bond acceptors (Lipinski definition) is 4. The van der Waals surface area contributed by atoms with Crippen LogP contribution in [0.2, 0.25) is 0 Å². The van der Waals surface area contributed by atoms with Crippen molar-refractivity contribution in [1.82, 2.24) is 10.2 Å². The average Bonchev–Trinajstić information content (AvgIpc) is 2.69. The minimum atomic E-state index is -0.343. The van der Waals surface area contributed by atoms with Crippen LogP contribution in [0.1, 0.15) is 5.56 Å². The van der Waals surface area contributed by atoms with Gasteiger partial charge in [0.25, 0.3) is 0 Å². The monoisotopic (exact) mass is 383 g/mol. The standard InChI is InChI=1S/C22H29N3O3/c1-4-6-8-19(7-5-2)23-22(26)24-20-10-9-18(3)21(17-20)28-16-13-25-11-14-27-15-12-25/h4-10,17H,1-2,11-16H2,3H3,(H2,23,24,26)/b8-6-,19-7+. The number of allylic oxidation sites excluding steroid dienone is 5. The SMILES string of the molecule is C=C/C=C\C(=C/C=C)NC(=O)Nc1ccc(C)c(OCCN2CCOCC2)c1. The van der Waals surface area contributed by atoms with E-state index in [-0.39, 0.29) is 6.03 Å². The van der Waals surface area contributed by atoms with E-state index < -0.39 is 0 Å². The summed E-state index contributed by atoms with van der Waals surface area (Å²) in [6.07, 6.45) is 8.42. The molecule has 1 aromatic rings. The summed E-state index contributed by atoms with van der Waals surface area (Å²) in [4.78, 5) is 14.6. The highest BCUT2D eigenvalue weighted by Gasteiger charge is 2.11. The van der Waals surface area contributed by atoms with Crippen molar-refractivity contribution in [2.75, 3.05) is 44.8 Å². The Labute approximate surface area is 167 Å². The van der Waals surface area contributed by atoms with Crippen molar-refractivity contribution in [3.63, 3.8) is 0 Å². The number of carbonyl (C=O) groups excluding carboxylic acids is 1. The number of anilines is 1. The van der Waals surface area contributed by atoms with Crippen molar-refractivity contribution in [2.24, 2.45) is 0 Å². The molecule has 0 spiro atoms. The summed E-state index contributed by atoms with van der Waals surface area (Å²) in [7, 11) is 0. The predicted octanol–water partition coefficient (Wildman–Crippen LogP) is 3.64. The van der Waals surface area contributed by atoms with E-state index >= 15 is 0 Å². The third kappa shape index (κ3) is 7.42. The number of carbonyl (C=O) groups is 1. The molecule has 0 saturated carbocycles. The number of rotatable bonds is 9. The third-order valence-corrected chi connectivity index (χ3v) is 4.18. The number of amides is 2. The second-order valence-electron chi connectivity index (χ2n) is 6.31. The van der Waals surface area contributed by atoms with Crippen LogP contribution >= 0.6 is 0 Å². The summed E-state index contributed by atoms with van der Waals surface area (Å²) >= 11 is 0. The second-order valence-corrected chi connectivity index (χ2v) is 6.31. The Morgan fingerprint density at radius 1 is 1.29 bits per heavy atom. The molecule has 1 fully saturated rings. The van der Waals surface area contributed by atoms with Crippen molar-refractivity contribution in [3.8, 4) is 5.75 Å². The molecule has 0 radical (unpaired) electrons. The minimum Gasteiger partial charge on any atom is -0.492 e. The number of morpholine rings is 1. The van der Waals surface area contributed by atoms with Gasteiger partial charge in [0.1, 0.15) is 12.4 Å². The van der Waals surface area contributed by atoms with Crippen LogP contribution in [0.5, 0.6) is 5.75 Å². The van der Waals surface area contributed by atoms with Crippen molar-refractivity contribution < 1.29 is 14.3 Å².